The minimum absolute atomic E-state index is 0.0421. The maximum absolute atomic E-state index is 11.6. The van der Waals surface area contributed by atoms with Gasteiger partial charge in [0.05, 0.1) is 4.32 Å². The lowest BCUT2D eigenvalue weighted by Gasteiger charge is -2.15. The van der Waals surface area contributed by atoms with Gasteiger partial charge in [-0.25, -0.2) is 0 Å². The molecule has 14 heavy (non-hydrogen) atoms. The number of nitrogens with one attached hydrogen (secondary N) is 1. The number of carbonyl (C=O) groups is 1. The van der Waals surface area contributed by atoms with Crippen molar-refractivity contribution in [1.82, 2.24) is 0 Å². The lowest BCUT2D eigenvalue weighted by Crippen LogP contribution is -2.30. The second-order valence-electron chi connectivity index (χ2n) is 3.44. The molecule has 1 aromatic carbocycles. The minimum Gasteiger partial charge on any atom is -0.325 e. The van der Waals surface area contributed by atoms with Gasteiger partial charge in [0.2, 0.25) is 5.91 Å². The molecule has 0 aliphatic heterocycles. The molecule has 1 rings (SSSR count). The number of halogens is 2. The Kier molecular flexibility index (Phi) is 3.94. The molecule has 0 aliphatic rings. The van der Waals surface area contributed by atoms with Crippen molar-refractivity contribution in [1.29, 1.82) is 0 Å². The summed E-state index contributed by atoms with van der Waals surface area (Å²) in [6.45, 7) is 3.63. The summed E-state index contributed by atoms with van der Waals surface area (Å²) >= 11 is 5.52. The zero-order chi connectivity index (χ0) is 10.8. The first-order chi connectivity index (χ1) is 6.39. The summed E-state index contributed by atoms with van der Waals surface area (Å²) in [4.78, 5) is 11.6. The van der Waals surface area contributed by atoms with Gasteiger partial charge in [0.1, 0.15) is 0 Å². The van der Waals surface area contributed by atoms with E-state index in [4.69, 9.17) is 0 Å². The SMILES string of the molecule is CC(C)(Br)C(=O)Nc1cccc(I)c1. The molecule has 0 spiro atoms. The number of amides is 1. The van der Waals surface area contributed by atoms with Crippen LogP contribution < -0.4 is 5.32 Å². The van der Waals surface area contributed by atoms with Crippen molar-refractivity contribution in [2.45, 2.75) is 18.2 Å². The molecule has 0 saturated carbocycles. The first-order valence-corrected chi connectivity index (χ1v) is 6.03. The molecule has 0 aromatic heterocycles. The van der Waals surface area contributed by atoms with Crippen molar-refractivity contribution in [3.63, 3.8) is 0 Å². The van der Waals surface area contributed by atoms with Crippen molar-refractivity contribution >= 4 is 50.1 Å². The number of benzene rings is 1. The smallest absolute Gasteiger partial charge is 0.240 e. The lowest BCUT2D eigenvalue weighted by atomic mass is 10.2. The predicted molar refractivity (Wildman–Crippen MR) is 70.8 cm³/mol. The molecule has 0 saturated heterocycles. The second-order valence-corrected chi connectivity index (χ2v) is 6.67. The van der Waals surface area contributed by atoms with Gasteiger partial charge in [-0.05, 0) is 54.6 Å². The molecule has 0 aliphatic carbocycles. The number of hydrogen-bond donors (Lipinski definition) is 1. The van der Waals surface area contributed by atoms with Crippen LogP contribution in [0.1, 0.15) is 13.8 Å². The summed E-state index contributed by atoms with van der Waals surface area (Å²) in [7, 11) is 0. The van der Waals surface area contributed by atoms with Gasteiger partial charge in [-0.1, -0.05) is 22.0 Å². The molecule has 0 radical (unpaired) electrons. The van der Waals surface area contributed by atoms with Crippen molar-refractivity contribution < 1.29 is 4.79 Å². The van der Waals surface area contributed by atoms with E-state index in [0.717, 1.165) is 9.26 Å². The fourth-order valence-electron chi connectivity index (χ4n) is 0.846. The van der Waals surface area contributed by atoms with Gasteiger partial charge in [-0.15, -0.1) is 0 Å². The average molecular weight is 368 g/mol. The Bertz CT molecular complexity index is 346. The quantitative estimate of drug-likeness (QED) is 0.630. The first-order valence-electron chi connectivity index (χ1n) is 4.15. The maximum atomic E-state index is 11.6. The molecule has 4 heteroatoms. The van der Waals surface area contributed by atoms with Gasteiger partial charge < -0.3 is 5.32 Å². The molecule has 0 atom stereocenters. The molecular weight excluding hydrogens is 357 g/mol. The first kappa shape index (κ1) is 12.0. The topological polar surface area (TPSA) is 29.1 Å². The van der Waals surface area contributed by atoms with Gasteiger partial charge in [-0.3, -0.25) is 4.79 Å². The van der Waals surface area contributed by atoms with Gasteiger partial charge in [0, 0.05) is 9.26 Å². The standard InChI is InChI=1S/C10H11BrINO/c1-10(2,11)9(14)13-8-5-3-4-7(12)6-8/h3-6H,1-2H3,(H,13,14). The zero-order valence-electron chi connectivity index (χ0n) is 7.97. The predicted octanol–water partition coefficient (Wildman–Crippen LogP) is 3.40. The molecule has 0 heterocycles. The molecule has 0 bridgehead atoms. The number of rotatable bonds is 2. The van der Waals surface area contributed by atoms with Crippen LogP contribution in [-0.2, 0) is 4.79 Å². The third kappa shape index (κ3) is 3.57. The Morgan fingerprint density at radius 3 is 2.64 bits per heavy atom. The number of anilines is 1. The van der Waals surface area contributed by atoms with E-state index >= 15 is 0 Å². The van der Waals surface area contributed by atoms with Crippen LogP contribution in [0, 0.1) is 3.57 Å². The van der Waals surface area contributed by atoms with Crippen molar-refractivity contribution in [2.24, 2.45) is 0 Å². The number of hydrogen-bond acceptors (Lipinski definition) is 1. The van der Waals surface area contributed by atoms with E-state index in [0.29, 0.717) is 0 Å². The van der Waals surface area contributed by atoms with Crippen LogP contribution in [-0.4, -0.2) is 10.2 Å². The summed E-state index contributed by atoms with van der Waals surface area (Å²) in [6.07, 6.45) is 0. The maximum Gasteiger partial charge on any atom is 0.240 e. The highest BCUT2D eigenvalue weighted by Gasteiger charge is 2.23. The van der Waals surface area contributed by atoms with E-state index in [-0.39, 0.29) is 5.91 Å². The molecule has 1 N–H and O–H groups in total. The summed E-state index contributed by atoms with van der Waals surface area (Å²) in [5.41, 5.74) is 0.828. The Morgan fingerprint density at radius 1 is 1.50 bits per heavy atom. The molecule has 76 valence electrons. The monoisotopic (exact) mass is 367 g/mol. The summed E-state index contributed by atoms with van der Waals surface area (Å²) < 4.78 is 0.571. The van der Waals surface area contributed by atoms with Crippen LogP contribution in [0.4, 0.5) is 5.69 Å². The van der Waals surface area contributed by atoms with Crippen LogP contribution in [0.2, 0.25) is 0 Å². The van der Waals surface area contributed by atoms with Gasteiger partial charge >= 0.3 is 0 Å². The van der Waals surface area contributed by atoms with E-state index in [2.05, 4.69) is 43.8 Å². The third-order valence-corrected chi connectivity index (χ3v) is 2.65. The highest BCUT2D eigenvalue weighted by molar-refractivity contribution is 14.1. The third-order valence-electron chi connectivity index (χ3n) is 1.62. The van der Waals surface area contributed by atoms with Crippen molar-refractivity contribution in [2.75, 3.05) is 5.32 Å². The van der Waals surface area contributed by atoms with Crippen LogP contribution in [0.25, 0.3) is 0 Å². The fourth-order valence-corrected chi connectivity index (χ4v) is 1.49. The van der Waals surface area contributed by atoms with E-state index in [1.54, 1.807) is 0 Å². The zero-order valence-corrected chi connectivity index (χ0v) is 11.7. The lowest BCUT2D eigenvalue weighted by molar-refractivity contribution is -0.117. The second kappa shape index (κ2) is 4.61. The summed E-state index contributed by atoms with van der Waals surface area (Å²) in [5.74, 6) is -0.0421. The van der Waals surface area contributed by atoms with Gasteiger partial charge in [0.25, 0.3) is 0 Å². The molecule has 2 nitrogen and oxygen atoms in total. The molecule has 1 amide bonds. The molecular formula is C10H11BrINO. The number of carbonyl (C=O) groups excluding carboxylic acids is 1. The molecule has 1 aromatic rings. The number of alkyl halides is 1. The Hall–Kier alpha value is -0.100. The molecule has 0 fully saturated rings. The Labute approximate surface area is 106 Å². The normalized spacial score (nSPS) is 11.1. The van der Waals surface area contributed by atoms with Gasteiger partial charge in [0.15, 0.2) is 0 Å². The van der Waals surface area contributed by atoms with Crippen LogP contribution >= 0.6 is 38.5 Å². The highest BCUT2D eigenvalue weighted by atomic mass is 127. The largest absolute Gasteiger partial charge is 0.325 e. The summed E-state index contributed by atoms with van der Waals surface area (Å²) in [6, 6.07) is 7.70. The van der Waals surface area contributed by atoms with Crippen molar-refractivity contribution in [3.8, 4) is 0 Å². The van der Waals surface area contributed by atoms with E-state index in [9.17, 15) is 4.79 Å². The van der Waals surface area contributed by atoms with E-state index < -0.39 is 4.32 Å². The van der Waals surface area contributed by atoms with Crippen LogP contribution in [0.15, 0.2) is 24.3 Å². The van der Waals surface area contributed by atoms with Crippen LogP contribution in [0.5, 0.6) is 0 Å². The van der Waals surface area contributed by atoms with E-state index in [1.807, 2.05) is 38.1 Å². The average Bonchev–Trinajstić information content (AvgIpc) is 2.02. The molecule has 0 unspecified atom stereocenters. The Balaban J connectivity index is 2.75. The fraction of sp³-hybridized carbons (Fsp3) is 0.300. The summed E-state index contributed by atoms with van der Waals surface area (Å²) in [5, 5.41) is 2.83. The van der Waals surface area contributed by atoms with Crippen LogP contribution in [0.3, 0.4) is 0 Å². The van der Waals surface area contributed by atoms with Crippen molar-refractivity contribution in [3.05, 3.63) is 27.8 Å². The Morgan fingerprint density at radius 2 is 2.14 bits per heavy atom. The highest BCUT2D eigenvalue weighted by Crippen LogP contribution is 2.19. The van der Waals surface area contributed by atoms with E-state index in [1.165, 1.54) is 0 Å². The minimum atomic E-state index is -0.533. The van der Waals surface area contributed by atoms with Gasteiger partial charge in [-0.2, -0.15) is 0 Å².